The van der Waals surface area contributed by atoms with Crippen LogP contribution in [0.25, 0.3) is 0 Å². The first-order valence-electron chi connectivity index (χ1n) is 21.7. The molecule has 0 unspecified atom stereocenters. The van der Waals surface area contributed by atoms with Gasteiger partial charge in [-0.05, 0) is 80.4 Å². The first kappa shape index (κ1) is 48.2. The van der Waals surface area contributed by atoms with E-state index in [0.29, 0.717) is 56.6 Å². The average Bonchev–Trinajstić information content (AvgIpc) is 3.89. The van der Waals surface area contributed by atoms with E-state index in [1.165, 1.54) is 9.80 Å². The van der Waals surface area contributed by atoms with Crippen molar-refractivity contribution in [3.05, 3.63) is 29.8 Å². The summed E-state index contributed by atoms with van der Waals surface area (Å²) < 4.78 is 11.7. The van der Waals surface area contributed by atoms with Crippen LogP contribution >= 0.6 is 11.8 Å². The number of ketones is 1. The van der Waals surface area contributed by atoms with Crippen molar-refractivity contribution in [3.63, 3.8) is 0 Å². The van der Waals surface area contributed by atoms with Gasteiger partial charge in [-0.3, -0.25) is 24.2 Å². The molecule has 1 aromatic carbocycles. The highest BCUT2D eigenvalue weighted by Gasteiger charge is 2.45. The number of esters is 1. The number of nitrogens with zero attached hydrogens (tertiary/aromatic N) is 4. The molecule has 1 aromatic rings. The lowest BCUT2D eigenvalue weighted by molar-refractivity contribution is -0.166. The minimum absolute atomic E-state index is 0.000466. The zero-order valence-corrected chi connectivity index (χ0v) is 38.6. The van der Waals surface area contributed by atoms with Gasteiger partial charge < -0.3 is 29.3 Å². The van der Waals surface area contributed by atoms with Gasteiger partial charge >= 0.3 is 5.97 Å². The molecule has 2 bridgehead atoms. The predicted octanol–water partition coefficient (Wildman–Crippen LogP) is 6.59. The van der Waals surface area contributed by atoms with Crippen molar-refractivity contribution >= 4 is 46.3 Å². The molecule has 3 heterocycles. The van der Waals surface area contributed by atoms with E-state index in [0.717, 1.165) is 10.6 Å². The summed E-state index contributed by atoms with van der Waals surface area (Å²) in [7, 11) is 4.77. The van der Waals surface area contributed by atoms with Crippen LogP contribution in [0.3, 0.4) is 0 Å². The number of aliphatic hydroxyl groups excluding tert-OH is 1. The second-order valence-corrected chi connectivity index (χ2v) is 20.1. The number of amides is 3. The van der Waals surface area contributed by atoms with Gasteiger partial charge in [0, 0.05) is 50.6 Å². The number of rotatable bonds is 5. The smallest absolute Gasteiger partial charge is 0.329 e. The fourth-order valence-corrected chi connectivity index (χ4v) is 9.85. The summed E-state index contributed by atoms with van der Waals surface area (Å²) in [6.07, 6.45) is 2.57. The second-order valence-electron chi connectivity index (χ2n) is 19.1. The summed E-state index contributed by atoms with van der Waals surface area (Å²) in [5.74, 6) is -1.16. The molecular formula is C46H72N4O8S. The maximum atomic E-state index is 14.6. The molecule has 3 amide bonds. The van der Waals surface area contributed by atoms with Crippen molar-refractivity contribution in [2.75, 3.05) is 33.5 Å². The number of likely N-dealkylation sites (N-methyl/N-ethyl adjacent to an activating group) is 2. The molecule has 0 spiro atoms. The highest BCUT2D eigenvalue weighted by Crippen LogP contribution is 2.39. The predicted molar refractivity (Wildman–Crippen MR) is 233 cm³/mol. The number of benzene rings is 1. The van der Waals surface area contributed by atoms with Crippen molar-refractivity contribution < 1.29 is 38.6 Å². The molecular weight excluding hydrogens is 769 g/mol. The molecule has 0 aromatic heterocycles. The Labute approximate surface area is 357 Å². The number of aliphatic imine (C=N–C) groups is 1. The van der Waals surface area contributed by atoms with Crippen LogP contribution in [0, 0.1) is 28.6 Å². The van der Waals surface area contributed by atoms with Gasteiger partial charge in [0.1, 0.15) is 35.8 Å². The van der Waals surface area contributed by atoms with E-state index >= 15 is 0 Å². The zero-order chi connectivity index (χ0) is 44.0. The van der Waals surface area contributed by atoms with E-state index in [-0.39, 0.29) is 54.7 Å². The summed E-state index contributed by atoms with van der Waals surface area (Å²) in [5, 5.41) is 12.5. The number of hydrogen-bond donors (Lipinski definition) is 1. The fourth-order valence-electron chi connectivity index (χ4n) is 8.53. The van der Waals surface area contributed by atoms with Crippen LogP contribution in [-0.2, 0) is 35.1 Å². The summed E-state index contributed by atoms with van der Waals surface area (Å²) in [6, 6.07) is 4.69. The molecule has 3 aliphatic heterocycles. The molecule has 1 saturated heterocycles. The maximum Gasteiger partial charge on any atom is 0.329 e. The van der Waals surface area contributed by atoms with E-state index in [2.05, 4.69) is 6.92 Å². The Bertz CT molecular complexity index is 1680. The number of methoxy groups -OCH3 is 1. The van der Waals surface area contributed by atoms with Gasteiger partial charge in [0.25, 0.3) is 0 Å². The normalized spacial score (nSPS) is 30.6. The standard InChI is InChI=1S/C46H72N4O8S/c1-13-29(3)39-42(55)50-22-14-15-36(50)43(56)58-38(45(5,6)7)24-28(2)23-37(52)46(8,9)44-47-33(27-59-44)18-19-34(51)26-32(25-31-16-20-35(57-12)21-17-31)41(54)48(10)30(4)40(53)49(39)11/h16-17,20-21,28-30,32-33,36-39,52H,13-15,18-19,22-27H2,1-12H3/t28-,29-,30-,32+,33-,36-,37-,38-,39-/m0/s1. The maximum absolute atomic E-state index is 14.6. The third kappa shape index (κ3) is 11.9. The van der Waals surface area contributed by atoms with E-state index in [1.54, 1.807) is 44.8 Å². The van der Waals surface area contributed by atoms with Gasteiger partial charge in [0.15, 0.2) is 0 Å². The average molecular weight is 841 g/mol. The van der Waals surface area contributed by atoms with Gasteiger partial charge in [-0.15, -0.1) is 11.8 Å². The van der Waals surface area contributed by atoms with Gasteiger partial charge in [0.05, 0.1) is 24.3 Å². The molecule has 1 N–H and O–H groups in total. The van der Waals surface area contributed by atoms with Crippen LogP contribution in [-0.4, -0.2) is 124 Å². The van der Waals surface area contributed by atoms with E-state index in [4.69, 9.17) is 14.5 Å². The first-order chi connectivity index (χ1) is 27.6. The topological polar surface area (TPSA) is 146 Å². The van der Waals surface area contributed by atoms with Crippen LogP contribution in [0.5, 0.6) is 5.75 Å². The van der Waals surface area contributed by atoms with Crippen LogP contribution in [0.1, 0.15) is 119 Å². The molecule has 13 heteroatoms. The van der Waals surface area contributed by atoms with Crippen molar-refractivity contribution in [2.45, 2.75) is 156 Å². The Balaban J connectivity index is 1.71. The van der Waals surface area contributed by atoms with Crippen LogP contribution in [0.15, 0.2) is 29.3 Å². The molecule has 59 heavy (non-hydrogen) atoms. The Morgan fingerprint density at radius 2 is 1.64 bits per heavy atom. The highest BCUT2D eigenvalue weighted by atomic mass is 32.2. The number of fused-ring (bicyclic) bond motifs is 2. The van der Waals surface area contributed by atoms with E-state index in [9.17, 15) is 29.1 Å². The minimum atomic E-state index is -0.939. The van der Waals surface area contributed by atoms with Crippen LogP contribution in [0.2, 0.25) is 0 Å². The lowest BCUT2D eigenvalue weighted by atomic mass is 9.78. The molecule has 0 aliphatic carbocycles. The Hall–Kier alpha value is -3.45. The summed E-state index contributed by atoms with van der Waals surface area (Å²) in [4.78, 5) is 80.6. The Morgan fingerprint density at radius 1 is 0.983 bits per heavy atom. The molecule has 0 radical (unpaired) electrons. The van der Waals surface area contributed by atoms with Crippen molar-refractivity contribution in [1.82, 2.24) is 14.7 Å². The largest absolute Gasteiger partial charge is 0.497 e. The number of carbonyl (C=O) groups excluding carboxylic acids is 5. The number of cyclic esters (lactones) is 1. The molecule has 330 valence electrons. The number of hydrogen-bond acceptors (Lipinski definition) is 10. The highest BCUT2D eigenvalue weighted by molar-refractivity contribution is 8.14. The Morgan fingerprint density at radius 3 is 2.25 bits per heavy atom. The molecule has 4 rings (SSSR count). The summed E-state index contributed by atoms with van der Waals surface area (Å²) in [6.45, 7) is 18.1. The monoisotopic (exact) mass is 841 g/mol. The van der Waals surface area contributed by atoms with Crippen LogP contribution < -0.4 is 4.74 Å². The SMILES string of the molecule is CC[C@H](C)[C@H]1C(=O)N2CCC[C@H]2C(=O)O[C@H](C(C)(C)C)C[C@@H](C)C[C@H](O)C(C)(C)C2=N[C@@H](CCC(=O)C[C@@H](Cc3ccc(OC)cc3)C(=O)N(C)[C@@H](C)C(=O)N1C)CS2. The third-order valence-corrected chi connectivity index (χ3v) is 14.5. The number of ether oxygens (including phenoxy) is 2. The van der Waals surface area contributed by atoms with E-state index < -0.39 is 59.0 Å². The lowest BCUT2D eigenvalue weighted by Crippen LogP contribution is -2.58. The van der Waals surface area contributed by atoms with Crippen LogP contribution in [0.4, 0.5) is 0 Å². The van der Waals surface area contributed by atoms with Crippen molar-refractivity contribution in [2.24, 2.45) is 33.6 Å². The molecule has 9 atom stereocenters. The molecule has 1 fully saturated rings. The summed E-state index contributed by atoms with van der Waals surface area (Å²) >= 11 is 1.62. The summed E-state index contributed by atoms with van der Waals surface area (Å²) in [5.41, 5.74) is -0.176. The van der Waals surface area contributed by atoms with Gasteiger partial charge in [-0.1, -0.05) is 73.9 Å². The molecule has 0 saturated carbocycles. The number of Topliss-reactive ketones (excluding diaryl/α,β-unsaturated/α-hetero) is 1. The molecule has 12 nitrogen and oxygen atoms in total. The number of aliphatic hydroxyl groups is 1. The minimum Gasteiger partial charge on any atom is -0.497 e. The third-order valence-electron chi connectivity index (χ3n) is 13.1. The van der Waals surface area contributed by atoms with Crippen molar-refractivity contribution in [3.8, 4) is 5.75 Å². The lowest BCUT2D eigenvalue weighted by Gasteiger charge is -2.39. The van der Waals surface area contributed by atoms with E-state index in [1.807, 2.05) is 72.7 Å². The van der Waals surface area contributed by atoms with Crippen molar-refractivity contribution in [1.29, 1.82) is 0 Å². The second kappa shape index (κ2) is 20.4. The fraction of sp³-hybridized carbons (Fsp3) is 0.739. The zero-order valence-electron chi connectivity index (χ0n) is 37.8. The molecule has 3 aliphatic rings. The quantitative estimate of drug-likeness (QED) is 0.325. The number of carbonyl (C=O) groups is 5. The first-order valence-corrected chi connectivity index (χ1v) is 22.7. The van der Waals surface area contributed by atoms with Gasteiger partial charge in [-0.2, -0.15) is 0 Å². The van der Waals surface area contributed by atoms with Gasteiger partial charge in [0.2, 0.25) is 17.7 Å². The Kier molecular flexibility index (Phi) is 16.7. The number of thioether (sulfide) groups is 1. The van der Waals surface area contributed by atoms with Gasteiger partial charge in [-0.25, -0.2) is 4.79 Å².